The average Bonchev–Trinajstić information content (AvgIpc) is 2.48. The molecule has 0 bridgehead atoms. The van der Waals surface area contributed by atoms with Crippen LogP contribution in [-0.2, 0) is 4.79 Å². The Morgan fingerprint density at radius 1 is 1.30 bits per heavy atom. The van der Waals surface area contributed by atoms with Crippen molar-refractivity contribution in [3.8, 4) is 5.75 Å². The van der Waals surface area contributed by atoms with E-state index in [0.29, 0.717) is 5.75 Å². The van der Waals surface area contributed by atoms with Crippen LogP contribution in [0.15, 0.2) is 42.5 Å². The summed E-state index contributed by atoms with van der Waals surface area (Å²) in [5, 5.41) is 13.2. The standard InChI is InChI=1S/C16H15FN2O4/c1-10-4-3-5-13(8-10)23-11(2)16(20)18-12-6-7-14(17)15(9-12)19(21)22/h3-9,11H,1-2H3,(H,18,20)/t11-/m1/s1. The lowest BCUT2D eigenvalue weighted by atomic mass is 10.2. The van der Waals surface area contributed by atoms with Crippen molar-refractivity contribution in [1.82, 2.24) is 0 Å². The highest BCUT2D eigenvalue weighted by Gasteiger charge is 2.18. The summed E-state index contributed by atoms with van der Waals surface area (Å²) >= 11 is 0. The van der Waals surface area contributed by atoms with Crippen molar-refractivity contribution in [3.05, 3.63) is 64.0 Å². The van der Waals surface area contributed by atoms with Crippen LogP contribution >= 0.6 is 0 Å². The Morgan fingerprint density at radius 3 is 2.70 bits per heavy atom. The molecule has 0 aromatic heterocycles. The molecule has 7 heteroatoms. The Morgan fingerprint density at radius 2 is 2.04 bits per heavy atom. The molecule has 0 heterocycles. The minimum atomic E-state index is -0.961. The van der Waals surface area contributed by atoms with Gasteiger partial charge in [-0.25, -0.2) is 0 Å². The van der Waals surface area contributed by atoms with Crippen molar-refractivity contribution in [2.24, 2.45) is 0 Å². The number of amides is 1. The number of aryl methyl sites for hydroxylation is 1. The quantitative estimate of drug-likeness (QED) is 0.676. The number of anilines is 1. The summed E-state index contributed by atoms with van der Waals surface area (Å²) in [5.41, 5.74) is 0.419. The van der Waals surface area contributed by atoms with E-state index >= 15 is 0 Å². The maximum absolute atomic E-state index is 13.3. The van der Waals surface area contributed by atoms with Crippen LogP contribution in [0, 0.1) is 22.9 Å². The molecule has 1 amide bonds. The maximum atomic E-state index is 13.3. The smallest absolute Gasteiger partial charge is 0.306 e. The first-order chi connectivity index (χ1) is 10.9. The Bertz CT molecular complexity index is 749. The topological polar surface area (TPSA) is 81.5 Å². The van der Waals surface area contributed by atoms with E-state index < -0.39 is 28.4 Å². The summed E-state index contributed by atoms with van der Waals surface area (Å²) in [5.74, 6) is -0.915. The highest BCUT2D eigenvalue weighted by molar-refractivity contribution is 5.94. The molecule has 1 atom stereocenters. The monoisotopic (exact) mass is 318 g/mol. The van der Waals surface area contributed by atoms with Crippen molar-refractivity contribution in [3.63, 3.8) is 0 Å². The number of benzene rings is 2. The Hall–Kier alpha value is -2.96. The van der Waals surface area contributed by atoms with Crippen LogP contribution in [0.3, 0.4) is 0 Å². The van der Waals surface area contributed by atoms with Gasteiger partial charge in [0.2, 0.25) is 5.82 Å². The molecule has 2 aromatic carbocycles. The Labute approximate surface area is 132 Å². The molecule has 0 aliphatic rings. The number of hydrogen-bond acceptors (Lipinski definition) is 4. The van der Waals surface area contributed by atoms with E-state index in [1.807, 2.05) is 13.0 Å². The highest BCUT2D eigenvalue weighted by atomic mass is 19.1. The van der Waals surface area contributed by atoms with Gasteiger partial charge in [-0.1, -0.05) is 12.1 Å². The molecule has 0 radical (unpaired) electrons. The number of ether oxygens (including phenoxy) is 1. The molecule has 1 N–H and O–H groups in total. The fourth-order valence-corrected chi connectivity index (χ4v) is 1.92. The van der Waals surface area contributed by atoms with Crippen molar-refractivity contribution < 1.29 is 18.8 Å². The lowest BCUT2D eigenvalue weighted by Gasteiger charge is -2.15. The molecule has 23 heavy (non-hydrogen) atoms. The summed E-state index contributed by atoms with van der Waals surface area (Å²) in [4.78, 5) is 21.9. The first kappa shape index (κ1) is 16.4. The van der Waals surface area contributed by atoms with Crippen LogP contribution in [0.25, 0.3) is 0 Å². The van der Waals surface area contributed by atoms with E-state index in [4.69, 9.17) is 4.74 Å². The van der Waals surface area contributed by atoms with Crippen LogP contribution in [0.2, 0.25) is 0 Å². The molecule has 2 aromatic rings. The summed E-state index contributed by atoms with van der Waals surface area (Å²) in [7, 11) is 0. The minimum Gasteiger partial charge on any atom is -0.481 e. The van der Waals surface area contributed by atoms with Gasteiger partial charge in [0, 0.05) is 11.8 Å². The lowest BCUT2D eigenvalue weighted by molar-refractivity contribution is -0.387. The number of nitro benzene ring substituents is 1. The first-order valence-corrected chi connectivity index (χ1v) is 6.85. The fraction of sp³-hybridized carbons (Fsp3) is 0.188. The van der Waals surface area contributed by atoms with Gasteiger partial charge in [0.1, 0.15) is 5.75 Å². The van der Waals surface area contributed by atoms with Crippen LogP contribution in [-0.4, -0.2) is 16.9 Å². The molecule has 2 rings (SSSR count). The van der Waals surface area contributed by atoms with Gasteiger partial charge in [-0.3, -0.25) is 14.9 Å². The van der Waals surface area contributed by atoms with E-state index in [0.717, 1.165) is 17.7 Å². The highest BCUT2D eigenvalue weighted by Crippen LogP contribution is 2.22. The third-order valence-corrected chi connectivity index (χ3v) is 3.08. The number of hydrogen-bond donors (Lipinski definition) is 1. The zero-order chi connectivity index (χ0) is 17.0. The predicted octanol–water partition coefficient (Wildman–Crippen LogP) is 3.45. The predicted molar refractivity (Wildman–Crippen MR) is 83.0 cm³/mol. The lowest BCUT2D eigenvalue weighted by Crippen LogP contribution is -2.30. The molecule has 0 spiro atoms. The number of nitrogens with one attached hydrogen (secondary N) is 1. The second kappa shape index (κ2) is 6.87. The number of nitro groups is 1. The van der Waals surface area contributed by atoms with Crippen molar-refractivity contribution >= 4 is 17.3 Å². The summed E-state index contributed by atoms with van der Waals surface area (Å²) < 4.78 is 18.8. The second-order valence-electron chi connectivity index (χ2n) is 4.99. The third-order valence-electron chi connectivity index (χ3n) is 3.08. The molecule has 6 nitrogen and oxygen atoms in total. The van der Waals surface area contributed by atoms with Crippen LogP contribution < -0.4 is 10.1 Å². The van der Waals surface area contributed by atoms with Gasteiger partial charge in [0.05, 0.1) is 4.92 Å². The summed E-state index contributed by atoms with van der Waals surface area (Å²) in [6, 6.07) is 10.4. The van der Waals surface area contributed by atoms with Crippen molar-refractivity contribution in [1.29, 1.82) is 0 Å². The van der Waals surface area contributed by atoms with E-state index in [1.165, 1.54) is 6.07 Å². The first-order valence-electron chi connectivity index (χ1n) is 6.85. The van der Waals surface area contributed by atoms with Gasteiger partial charge in [-0.05, 0) is 43.7 Å². The summed E-state index contributed by atoms with van der Waals surface area (Å²) in [6.07, 6.45) is -0.819. The van der Waals surface area contributed by atoms with Gasteiger partial charge < -0.3 is 10.1 Å². The number of carbonyl (C=O) groups excluding carboxylic acids is 1. The van der Waals surface area contributed by atoms with Crippen LogP contribution in [0.1, 0.15) is 12.5 Å². The van der Waals surface area contributed by atoms with Gasteiger partial charge in [-0.15, -0.1) is 0 Å². The normalized spacial score (nSPS) is 11.6. The molecule has 0 aliphatic heterocycles. The zero-order valence-corrected chi connectivity index (χ0v) is 12.6. The molecule has 0 saturated carbocycles. The molecular weight excluding hydrogens is 303 g/mol. The van der Waals surface area contributed by atoms with Crippen molar-refractivity contribution in [2.75, 3.05) is 5.32 Å². The molecule has 0 fully saturated rings. The third kappa shape index (κ3) is 4.26. The van der Waals surface area contributed by atoms with Gasteiger partial charge in [0.25, 0.3) is 5.91 Å². The number of halogens is 1. The molecule has 0 saturated heterocycles. The Balaban J connectivity index is 2.06. The van der Waals surface area contributed by atoms with Gasteiger partial charge in [0.15, 0.2) is 6.10 Å². The van der Waals surface area contributed by atoms with Crippen LogP contribution in [0.5, 0.6) is 5.75 Å². The van der Waals surface area contributed by atoms with E-state index in [2.05, 4.69) is 5.32 Å². The molecule has 0 unspecified atom stereocenters. The maximum Gasteiger partial charge on any atom is 0.306 e. The van der Waals surface area contributed by atoms with E-state index in [9.17, 15) is 19.3 Å². The van der Waals surface area contributed by atoms with E-state index in [-0.39, 0.29) is 5.69 Å². The summed E-state index contributed by atoms with van der Waals surface area (Å²) in [6.45, 7) is 3.45. The Kier molecular flexibility index (Phi) is 4.90. The number of carbonyl (C=O) groups is 1. The average molecular weight is 318 g/mol. The second-order valence-corrected chi connectivity index (χ2v) is 4.99. The number of nitrogens with zero attached hydrogens (tertiary/aromatic N) is 1. The molecule has 120 valence electrons. The van der Waals surface area contributed by atoms with E-state index in [1.54, 1.807) is 25.1 Å². The van der Waals surface area contributed by atoms with Gasteiger partial charge in [-0.2, -0.15) is 4.39 Å². The molecule has 0 aliphatic carbocycles. The van der Waals surface area contributed by atoms with Gasteiger partial charge >= 0.3 is 5.69 Å². The largest absolute Gasteiger partial charge is 0.481 e. The van der Waals surface area contributed by atoms with Crippen molar-refractivity contribution in [2.45, 2.75) is 20.0 Å². The fourth-order valence-electron chi connectivity index (χ4n) is 1.92. The SMILES string of the molecule is Cc1cccc(O[C@H](C)C(=O)Nc2ccc(F)c([N+](=O)[O-])c2)c1. The minimum absolute atomic E-state index is 0.128. The zero-order valence-electron chi connectivity index (χ0n) is 12.6. The molecular formula is C16H15FN2O4. The van der Waals surface area contributed by atoms with Crippen LogP contribution in [0.4, 0.5) is 15.8 Å². The number of rotatable bonds is 5.